The predicted octanol–water partition coefficient (Wildman–Crippen LogP) is 2.87. The van der Waals surface area contributed by atoms with Gasteiger partial charge in [0.05, 0.1) is 11.3 Å². The summed E-state index contributed by atoms with van der Waals surface area (Å²) in [5.74, 6) is 1.74. The minimum absolute atomic E-state index is 0.0356. The number of ketones is 1. The van der Waals surface area contributed by atoms with Crippen LogP contribution in [-0.2, 0) is 4.79 Å². The van der Waals surface area contributed by atoms with Crippen LogP contribution in [0.15, 0.2) is 40.0 Å². The van der Waals surface area contributed by atoms with Crippen LogP contribution in [0.3, 0.4) is 0 Å². The van der Waals surface area contributed by atoms with Gasteiger partial charge in [0.1, 0.15) is 11.1 Å². The van der Waals surface area contributed by atoms with Crippen LogP contribution in [0.1, 0.15) is 59.3 Å². The molecule has 2 aliphatic carbocycles. The minimum atomic E-state index is -0.297. The second kappa shape index (κ2) is 6.44. The van der Waals surface area contributed by atoms with E-state index in [0.29, 0.717) is 18.4 Å². The standard InChI is InChI=1S/C23H28N4O2/c1-14-8-10-23(11-9-14)19-16(12-22(2,3)13-17(19)28)24-20(27-23)26-21-25-15-6-4-5-7-18(15)29-21/h4-7,14H,8-13H2,1-3H3,(H2,24,25,26,27)/p+1. The molecule has 3 aliphatic rings. The number of para-hydroxylation sites is 2. The van der Waals surface area contributed by atoms with Crippen LogP contribution in [0.25, 0.3) is 11.1 Å². The number of carbonyl (C=O) groups is 1. The van der Waals surface area contributed by atoms with Gasteiger partial charge in [0, 0.05) is 12.8 Å². The summed E-state index contributed by atoms with van der Waals surface area (Å²) in [5.41, 5.74) is 3.27. The maximum absolute atomic E-state index is 13.2. The van der Waals surface area contributed by atoms with Crippen LogP contribution in [0.4, 0.5) is 6.01 Å². The quantitative estimate of drug-likeness (QED) is 0.694. The Morgan fingerprint density at radius 2 is 1.97 bits per heavy atom. The van der Waals surface area contributed by atoms with Gasteiger partial charge in [0.2, 0.25) is 0 Å². The maximum Gasteiger partial charge on any atom is 0.365 e. The van der Waals surface area contributed by atoms with Crippen molar-refractivity contribution >= 4 is 28.9 Å². The molecule has 2 heterocycles. The Bertz CT molecular complexity index is 1010. The summed E-state index contributed by atoms with van der Waals surface area (Å²) in [7, 11) is 0. The Kier molecular flexibility index (Phi) is 4.09. The number of hydrogen-bond acceptors (Lipinski definition) is 5. The molecule has 1 fully saturated rings. The minimum Gasteiger partial charge on any atom is -0.412 e. The predicted molar refractivity (Wildman–Crippen MR) is 112 cm³/mol. The summed E-state index contributed by atoms with van der Waals surface area (Å²) in [6, 6.07) is 8.18. The van der Waals surface area contributed by atoms with Crippen molar-refractivity contribution in [2.75, 3.05) is 5.32 Å². The Labute approximate surface area is 170 Å². The number of nitrogens with one attached hydrogen (secondary N) is 3. The molecular formula is C23H29N4O2+. The van der Waals surface area contributed by atoms with E-state index in [4.69, 9.17) is 4.42 Å². The first kappa shape index (κ1) is 18.4. The average Bonchev–Trinajstić information content (AvgIpc) is 3.04. The molecule has 0 bridgehead atoms. The largest absolute Gasteiger partial charge is 0.412 e. The van der Waals surface area contributed by atoms with Crippen molar-refractivity contribution in [1.29, 1.82) is 0 Å². The zero-order chi connectivity index (χ0) is 20.2. The zero-order valence-electron chi connectivity index (χ0n) is 17.4. The third kappa shape index (κ3) is 3.24. The molecule has 1 spiro atoms. The lowest BCUT2D eigenvalue weighted by atomic mass is 9.65. The van der Waals surface area contributed by atoms with Gasteiger partial charge in [-0.15, -0.1) is 0 Å². The van der Waals surface area contributed by atoms with Crippen LogP contribution in [-0.4, -0.2) is 22.3 Å². The van der Waals surface area contributed by atoms with E-state index in [1.807, 2.05) is 24.3 Å². The Morgan fingerprint density at radius 1 is 1.21 bits per heavy atom. The first-order valence-corrected chi connectivity index (χ1v) is 10.7. The summed E-state index contributed by atoms with van der Waals surface area (Å²) in [6.07, 6.45) is 5.67. The molecule has 1 saturated carbocycles. The third-order valence-corrected chi connectivity index (χ3v) is 6.65. The van der Waals surface area contributed by atoms with Gasteiger partial charge in [-0.25, -0.2) is 5.32 Å². The highest BCUT2D eigenvalue weighted by Gasteiger charge is 2.50. The van der Waals surface area contributed by atoms with E-state index in [1.165, 1.54) is 0 Å². The van der Waals surface area contributed by atoms with Gasteiger partial charge in [-0.1, -0.05) is 32.9 Å². The van der Waals surface area contributed by atoms with Gasteiger partial charge in [0.15, 0.2) is 11.4 Å². The van der Waals surface area contributed by atoms with E-state index in [2.05, 4.69) is 41.4 Å². The molecule has 0 saturated heterocycles. The van der Waals surface area contributed by atoms with Crippen LogP contribution < -0.4 is 15.6 Å². The highest BCUT2D eigenvalue weighted by molar-refractivity contribution is 6.02. The van der Waals surface area contributed by atoms with Crippen molar-refractivity contribution in [3.8, 4) is 0 Å². The summed E-state index contributed by atoms with van der Waals surface area (Å²) in [4.78, 5) is 21.4. The van der Waals surface area contributed by atoms with Crippen molar-refractivity contribution in [2.45, 2.75) is 64.8 Å². The van der Waals surface area contributed by atoms with Crippen LogP contribution in [0.2, 0.25) is 0 Å². The van der Waals surface area contributed by atoms with Crippen LogP contribution >= 0.6 is 0 Å². The van der Waals surface area contributed by atoms with Crippen molar-refractivity contribution in [2.24, 2.45) is 11.3 Å². The van der Waals surface area contributed by atoms with Crippen molar-refractivity contribution in [1.82, 2.24) is 10.3 Å². The van der Waals surface area contributed by atoms with Gasteiger partial charge in [-0.3, -0.25) is 9.79 Å². The number of allylic oxidation sites excluding steroid dienone is 1. The monoisotopic (exact) mass is 393 g/mol. The zero-order valence-corrected chi connectivity index (χ0v) is 17.4. The topological polar surface area (TPSA) is 81.1 Å². The molecule has 3 N–H and O–H groups in total. The molecule has 0 radical (unpaired) electrons. The number of benzene rings is 1. The van der Waals surface area contributed by atoms with E-state index >= 15 is 0 Å². The first-order valence-electron chi connectivity index (χ1n) is 10.7. The number of guanidine groups is 1. The van der Waals surface area contributed by atoms with E-state index in [1.54, 1.807) is 0 Å². The highest BCUT2D eigenvalue weighted by Crippen LogP contribution is 2.43. The molecule has 29 heavy (non-hydrogen) atoms. The molecule has 152 valence electrons. The number of rotatable bonds is 1. The van der Waals surface area contributed by atoms with Crippen molar-refractivity contribution in [3.05, 3.63) is 35.5 Å². The number of hydrogen-bond donors (Lipinski definition) is 3. The van der Waals surface area contributed by atoms with Crippen LogP contribution in [0, 0.1) is 11.3 Å². The highest BCUT2D eigenvalue weighted by atomic mass is 16.4. The van der Waals surface area contributed by atoms with Gasteiger partial charge >= 0.3 is 12.0 Å². The molecule has 5 rings (SSSR count). The maximum atomic E-state index is 13.2. The Balaban J connectivity index is 1.52. The number of anilines is 1. The fourth-order valence-corrected chi connectivity index (χ4v) is 5.19. The van der Waals surface area contributed by atoms with E-state index in [0.717, 1.165) is 60.4 Å². The molecule has 0 unspecified atom stereocenters. The summed E-state index contributed by atoms with van der Waals surface area (Å²) in [6.45, 7) is 6.64. The molecule has 6 heteroatoms. The summed E-state index contributed by atoms with van der Waals surface area (Å²) in [5, 5.41) is 6.77. The van der Waals surface area contributed by atoms with Crippen molar-refractivity contribution < 1.29 is 14.2 Å². The van der Waals surface area contributed by atoms with Crippen LogP contribution in [0.5, 0.6) is 0 Å². The molecule has 6 nitrogen and oxygen atoms in total. The van der Waals surface area contributed by atoms with Gasteiger partial charge < -0.3 is 4.42 Å². The molecular weight excluding hydrogens is 364 g/mol. The number of aromatic nitrogens is 1. The van der Waals surface area contributed by atoms with Gasteiger partial charge in [-0.05, 0) is 49.1 Å². The van der Waals surface area contributed by atoms with Crippen molar-refractivity contribution in [3.63, 3.8) is 0 Å². The van der Waals surface area contributed by atoms with Gasteiger partial charge in [0.25, 0.3) is 0 Å². The van der Waals surface area contributed by atoms with E-state index in [9.17, 15) is 4.79 Å². The van der Waals surface area contributed by atoms with Gasteiger partial charge in [-0.2, -0.15) is 10.3 Å². The number of nitrogens with zero attached hydrogens (tertiary/aromatic N) is 1. The molecule has 0 amide bonds. The molecule has 1 aliphatic heterocycles. The SMILES string of the molecule is CC1CCC2(CC1)[NH+]=C(Nc1nc3ccccc3o1)NC1=C2C(=O)CC(C)(C)C1. The second-order valence-electron chi connectivity index (χ2n) is 9.80. The summed E-state index contributed by atoms with van der Waals surface area (Å²) >= 11 is 0. The smallest absolute Gasteiger partial charge is 0.365 e. The Hall–Kier alpha value is -2.63. The third-order valence-electron chi connectivity index (χ3n) is 6.65. The fraction of sp³-hybridized carbons (Fsp3) is 0.522. The Morgan fingerprint density at radius 3 is 2.72 bits per heavy atom. The van der Waals surface area contributed by atoms with E-state index < -0.39 is 0 Å². The molecule has 2 aromatic rings. The lowest BCUT2D eigenvalue weighted by Gasteiger charge is -2.43. The first-order chi connectivity index (χ1) is 13.8. The lowest BCUT2D eigenvalue weighted by Crippen LogP contribution is -2.94. The fourth-order valence-electron chi connectivity index (χ4n) is 5.19. The molecule has 1 aromatic heterocycles. The molecule has 0 atom stereocenters. The number of carbonyl (C=O) groups excluding carboxylic acids is 1. The second-order valence-corrected chi connectivity index (χ2v) is 9.80. The molecule has 1 aromatic carbocycles. The average molecular weight is 394 g/mol. The number of fused-ring (bicyclic) bond motifs is 2. The number of Topliss-reactive ketones (excluding diaryl/α,β-unsaturated/α-hetero) is 1. The normalized spacial score (nSPS) is 28.9. The summed E-state index contributed by atoms with van der Waals surface area (Å²) < 4.78 is 5.86. The number of oxazole rings is 1. The lowest BCUT2D eigenvalue weighted by molar-refractivity contribution is -0.550. The van der Waals surface area contributed by atoms with E-state index in [-0.39, 0.29) is 16.7 Å².